The van der Waals surface area contributed by atoms with Crippen molar-refractivity contribution in [3.63, 3.8) is 0 Å². The highest BCUT2D eigenvalue weighted by Gasteiger charge is 2.64. The largest absolute Gasteiger partial charge is 0.488 e. The first-order valence-electron chi connectivity index (χ1n) is 21.6. The third-order valence-electron chi connectivity index (χ3n) is 13.6. The Balaban J connectivity index is 0.788. The molecular weight excluding hydrogens is 787 g/mol. The Morgan fingerprint density at radius 1 is 0.839 bits per heavy atom. The van der Waals surface area contributed by atoms with Crippen LogP contribution in [-0.4, -0.2) is 102 Å². The van der Waals surface area contributed by atoms with Crippen LogP contribution in [0.4, 0.5) is 11.4 Å². The topological polar surface area (TPSA) is 182 Å². The van der Waals surface area contributed by atoms with E-state index in [0.29, 0.717) is 33.7 Å². The molecule has 3 N–H and O–H groups in total. The van der Waals surface area contributed by atoms with Gasteiger partial charge in [0.2, 0.25) is 11.8 Å². The number of imide groups is 1. The van der Waals surface area contributed by atoms with Gasteiger partial charge in [0.1, 0.15) is 29.7 Å². The van der Waals surface area contributed by atoms with Gasteiger partial charge in [-0.1, -0.05) is 27.7 Å². The molecule has 0 bridgehead atoms. The Morgan fingerprint density at radius 2 is 1.52 bits per heavy atom. The second kappa shape index (κ2) is 16.9. The maximum atomic E-state index is 13.7. The van der Waals surface area contributed by atoms with Crippen molar-refractivity contribution in [3.05, 3.63) is 94.0 Å². The number of hydrogen-bond donors (Lipinski definition) is 3. The minimum absolute atomic E-state index is 0.139. The predicted octanol–water partition coefficient (Wildman–Crippen LogP) is 3.99. The lowest BCUT2D eigenvalue weighted by molar-refractivity contribution is -0.163. The summed E-state index contributed by atoms with van der Waals surface area (Å²) in [4.78, 5) is 74.4. The van der Waals surface area contributed by atoms with E-state index in [1.165, 1.54) is 6.07 Å². The minimum atomic E-state index is -0.739. The number of carbonyl (C=O) groups excluding carboxylic acids is 4. The summed E-state index contributed by atoms with van der Waals surface area (Å²) in [7, 11) is 1.81. The first-order chi connectivity index (χ1) is 29.6. The number of piperazine rings is 1. The Kier molecular flexibility index (Phi) is 11.6. The summed E-state index contributed by atoms with van der Waals surface area (Å²) in [6.45, 7) is 14.9. The molecule has 3 aliphatic heterocycles. The highest BCUT2D eigenvalue weighted by molar-refractivity contribution is 6.03. The number of carbonyl (C=O) groups is 4. The van der Waals surface area contributed by atoms with Crippen LogP contribution in [0.1, 0.15) is 79.8 Å². The zero-order valence-corrected chi connectivity index (χ0v) is 36.1. The van der Waals surface area contributed by atoms with Gasteiger partial charge in [-0.05, 0) is 73.7 Å². The molecule has 4 aromatic rings. The Morgan fingerprint density at radius 3 is 2.16 bits per heavy atom. The van der Waals surface area contributed by atoms with E-state index in [9.17, 15) is 29.2 Å². The summed E-state index contributed by atoms with van der Waals surface area (Å²) < 4.78 is 8.39. The van der Waals surface area contributed by atoms with Gasteiger partial charge in [0.15, 0.2) is 5.43 Å². The van der Waals surface area contributed by atoms with Gasteiger partial charge in [-0.25, -0.2) is 4.98 Å². The van der Waals surface area contributed by atoms with Crippen molar-refractivity contribution < 1.29 is 23.9 Å². The van der Waals surface area contributed by atoms with Crippen molar-refractivity contribution >= 4 is 45.9 Å². The lowest BCUT2D eigenvalue weighted by Crippen LogP contribution is -2.74. The molecule has 4 aliphatic rings. The lowest BCUT2D eigenvalue weighted by Gasteiger charge is -2.63. The van der Waals surface area contributed by atoms with Gasteiger partial charge >= 0.3 is 0 Å². The monoisotopic (exact) mass is 841 g/mol. The van der Waals surface area contributed by atoms with Crippen LogP contribution in [0.5, 0.6) is 5.75 Å². The van der Waals surface area contributed by atoms with E-state index in [-0.39, 0.29) is 47.9 Å². The number of nitrogens with zero attached hydrogens (tertiary/aromatic N) is 6. The second-order valence-corrected chi connectivity index (χ2v) is 18.4. The number of piperidine rings is 2. The summed E-state index contributed by atoms with van der Waals surface area (Å²) in [6, 6.07) is 17.6. The number of nitrogens with one attached hydrogen (secondary N) is 3. The smallest absolute Gasteiger partial charge is 0.270 e. The van der Waals surface area contributed by atoms with Crippen LogP contribution in [-0.2, 0) is 16.6 Å². The molecule has 1 atom stereocenters. The van der Waals surface area contributed by atoms with E-state index in [1.54, 1.807) is 42.2 Å². The summed E-state index contributed by atoms with van der Waals surface area (Å²) in [5.41, 5.74) is 2.74. The molecule has 4 amide bonds. The Bertz CT molecular complexity index is 2460. The van der Waals surface area contributed by atoms with Crippen LogP contribution in [0.2, 0.25) is 0 Å². The van der Waals surface area contributed by atoms with Gasteiger partial charge < -0.3 is 29.7 Å². The molecule has 1 aliphatic carbocycles. The van der Waals surface area contributed by atoms with E-state index in [2.05, 4.69) is 69.4 Å². The average Bonchev–Trinajstić information content (AvgIpc) is 3.27. The van der Waals surface area contributed by atoms with Crippen molar-refractivity contribution in [2.75, 3.05) is 55.6 Å². The highest BCUT2D eigenvalue weighted by Crippen LogP contribution is 2.56. The first-order valence-corrected chi connectivity index (χ1v) is 21.6. The van der Waals surface area contributed by atoms with Gasteiger partial charge in [-0.15, -0.1) is 0 Å². The number of ether oxygens (including phenoxy) is 1. The molecule has 324 valence electrons. The number of nitriles is 1. The number of benzene rings is 2. The Hall–Kier alpha value is -6.27. The number of pyridine rings is 2. The SMILES string of the molecule is Cn1ccc(=O)c2c(OC3C(C)(C)C(NC(=O)c4ccc(N5CCC(CN6CCN(c7ccc(C(=O)N[C@H]8CCC(=O)NC8=O)nc7)CC6)CC5)cc4)C3(C)C)ccc(C#N)c21. The zero-order valence-electron chi connectivity index (χ0n) is 36.1. The van der Waals surface area contributed by atoms with Crippen LogP contribution < -0.4 is 35.9 Å². The molecule has 1 saturated carbocycles. The molecule has 2 aromatic carbocycles. The third kappa shape index (κ3) is 8.23. The summed E-state index contributed by atoms with van der Waals surface area (Å²) >= 11 is 0. The van der Waals surface area contributed by atoms with Crippen LogP contribution >= 0.6 is 0 Å². The van der Waals surface area contributed by atoms with Gasteiger partial charge in [-0.3, -0.25) is 34.2 Å². The van der Waals surface area contributed by atoms with Crippen molar-refractivity contribution in [2.24, 2.45) is 23.8 Å². The first kappa shape index (κ1) is 42.4. The van der Waals surface area contributed by atoms with Gasteiger partial charge in [0, 0.05) is 99.7 Å². The van der Waals surface area contributed by atoms with Crippen LogP contribution in [0.3, 0.4) is 0 Å². The highest BCUT2D eigenvalue weighted by atomic mass is 16.5. The van der Waals surface area contributed by atoms with Crippen LogP contribution in [0.15, 0.2) is 71.8 Å². The fourth-order valence-corrected chi connectivity index (χ4v) is 10.4. The summed E-state index contributed by atoms with van der Waals surface area (Å²) in [6.07, 6.45) is 5.72. The fourth-order valence-electron chi connectivity index (χ4n) is 10.4. The number of aryl methyl sites for hydroxylation is 1. The molecular formula is C47H55N9O6. The zero-order chi connectivity index (χ0) is 43.9. The van der Waals surface area contributed by atoms with Crippen molar-refractivity contribution in [3.8, 4) is 11.8 Å². The Labute approximate surface area is 361 Å². The number of fused-ring (bicyclic) bond motifs is 1. The molecule has 2 aromatic heterocycles. The quantitative estimate of drug-likeness (QED) is 0.197. The fraction of sp³-hybridized carbons (Fsp3) is 0.468. The maximum absolute atomic E-state index is 13.7. The van der Waals surface area contributed by atoms with Crippen molar-refractivity contribution in [1.29, 1.82) is 5.26 Å². The molecule has 4 fully saturated rings. The van der Waals surface area contributed by atoms with Crippen LogP contribution in [0, 0.1) is 28.1 Å². The summed E-state index contributed by atoms with van der Waals surface area (Å²) in [5.74, 6) is -0.344. The van der Waals surface area contributed by atoms with E-state index in [4.69, 9.17) is 4.74 Å². The van der Waals surface area contributed by atoms with E-state index in [0.717, 1.165) is 70.0 Å². The van der Waals surface area contributed by atoms with E-state index < -0.39 is 28.7 Å². The normalized spacial score (nSPS) is 22.6. The third-order valence-corrected chi connectivity index (χ3v) is 13.6. The van der Waals surface area contributed by atoms with Crippen molar-refractivity contribution in [2.45, 2.75) is 71.6 Å². The van der Waals surface area contributed by atoms with E-state index in [1.807, 2.05) is 30.3 Å². The maximum Gasteiger partial charge on any atom is 0.270 e. The molecule has 15 nitrogen and oxygen atoms in total. The number of amides is 4. The predicted molar refractivity (Wildman–Crippen MR) is 235 cm³/mol. The number of rotatable bonds is 10. The average molecular weight is 842 g/mol. The minimum Gasteiger partial charge on any atom is -0.488 e. The van der Waals surface area contributed by atoms with Crippen molar-refractivity contribution in [1.82, 2.24) is 30.4 Å². The van der Waals surface area contributed by atoms with Gasteiger partial charge in [-0.2, -0.15) is 5.26 Å². The van der Waals surface area contributed by atoms with Gasteiger partial charge in [0.25, 0.3) is 11.8 Å². The molecule has 3 saturated heterocycles. The molecule has 0 unspecified atom stereocenters. The second-order valence-electron chi connectivity index (χ2n) is 18.4. The number of aromatic nitrogens is 2. The number of hydrogen-bond acceptors (Lipinski definition) is 11. The van der Waals surface area contributed by atoms with E-state index >= 15 is 0 Å². The van der Waals surface area contributed by atoms with Crippen LogP contribution in [0.25, 0.3) is 10.9 Å². The molecule has 15 heteroatoms. The number of anilines is 2. The molecule has 0 spiro atoms. The molecule has 0 radical (unpaired) electrons. The summed E-state index contributed by atoms with van der Waals surface area (Å²) in [5, 5.41) is 18.3. The standard InChI is InChI=1S/C47H55N9O6/c1-46(2)44(47(3,4)45(46)62-37-14-8-31(26-48)40-39(37)36(57)18-19-53(40)5)52-41(59)30-6-9-32(10-7-30)55-20-16-29(17-21-55)28-54-22-24-56(25-23-54)33-11-12-34(49-27-33)42(60)50-35-13-15-38(58)51-43(35)61/h6-12,14,18-19,27,29,35,44-45H,13,15-17,20-25,28H2,1-5H3,(H,50,60)(H,52,59)(H,51,58,61)/t35-,44?,45?/m0/s1. The molecule has 5 heterocycles. The molecule has 62 heavy (non-hydrogen) atoms. The lowest BCUT2D eigenvalue weighted by atomic mass is 9.49. The van der Waals surface area contributed by atoms with Gasteiger partial charge in [0.05, 0.1) is 28.4 Å². The molecule has 8 rings (SSSR count).